The molecule has 1 aliphatic heterocycles. The molecule has 0 bridgehead atoms. The Morgan fingerprint density at radius 2 is 1.96 bits per heavy atom. The van der Waals surface area contributed by atoms with Gasteiger partial charge in [-0.15, -0.1) is 11.3 Å². The van der Waals surface area contributed by atoms with E-state index in [1.54, 1.807) is 24.4 Å². The maximum Gasteiger partial charge on any atom is 0.278 e. The van der Waals surface area contributed by atoms with E-state index in [1.165, 1.54) is 16.2 Å². The van der Waals surface area contributed by atoms with Crippen molar-refractivity contribution in [2.24, 2.45) is 0 Å². The molecular weight excluding hydrogens is 394 g/mol. The number of pyridine rings is 1. The fourth-order valence-corrected chi connectivity index (χ4v) is 3.90. The highest BCUT2D eigenvalue weighted by Crippen LogP contribution is 2.34. The van der Waals surface area contributed by atoms with Gasteiger partial charge < -0.3 is 5.32 Å². The number of rotatable bonds is 5. The van der Waals surface area contributed by atoms with Crippen molar-refractivity contribution < 1.29 is 9.59 Å². The summed E-state index contributed by atoms with van der Waals surface area (Å²) in [5.41, 5.74) is 2.86. The van der Waals surface area contributed by atoms with Crippen LogP contribution < -0.4 is 5.32 Å². The Morgan fingerprint density at radius 3 is 2.64 bits per heavy atom. The van der Waals surface area contributed by atoms with E-state index in [9.17, 15) is 9.59 Å². The van der Waals surface area contributed by atoms with E-state index < -0.39 is 0 Å². The van der Waals surface area contributed by atoms with E-state index in [2.05, 4.69) is 10.3 Å². The van der Waals surface area contributed by atoms with E-state index in [0.717, 1.165) is 10.4 Å². The van der Waals surface area contributed by atoms with Gasteiger partial charge in [0.05, 0.1) is 17.8 Å². The molecule has 3 aromatic rings. The molecule has 0 saturated carbocycles. The van der Waals surface area contributed by atoms with Crippen LogP contribution in [0.3, 0.4) is 0 Å². The standard InChI is InChI=1S/C21H16ClN3O2S/c1-13-7-8-14(11-16(13)22)24-19-18(17-6-4-10-28-17)20(26)25(21(19)27)12-15-5-2-3-9-23-15/h2-11,24H,12H2,1H3. The summed E-state index contributed by atoms with van der Waals surface area (Å²) >= 11 is 7.63. The average molecular weight is 410 g/mol. The second kappa shape index (κ2) is 7.58. The minimum atomic E-state index is -0.379. The molecule has 1 N–H and O–H groups in total. The monoisotopic (exact) mass is 409 g/mol. The summed E-state index contributed by atoms with van der Waals surface area (Å²) in [4.78, 5) is 32.4. The average Bonchev–Trinajstić information content (AvgIpc) is 3.29. The van der Waals surface area contributed by atoms with Gasteiger partial charge in [-0.1, -0.05) is 29.8 Å². The van der Waals surface area contributed by atoms with Crippen LogP contribution >= 0.6 is 22.9 Å². The predicted octanol–water partition coefficient (Wildman–Crippen LogP) is 4.50. The summed E-state index contributed by atoms with van der Waals surface area (Å²) in [5.74, 6) is -0.713. The van der Waals surface area contributed by atoms with Crippen molar-refractivity contribution in [3.63, 3.8) is 0 Å². The Kier molecular flexibility index (Phi) is 4.98. The van der Waals surface area contributed by atoms with Crippen LogP contribution in [0, 0.1) is 6.92 Å². The summed E-state index contributed by atoms with van der Waals surface area (Å²) in [7, 11) is 0. The van der Waals surface area contributed by atoms with Crippen LogP contribution in [-0.2, 0) is 16.1 Å². The fraction of sp³-hybridized carbons (Fsp3) is 0.0952. The number of nitrogens with one attached hydrogen (secondary N) is 1. The molecule has 1 aromatic carbocycles. The predicted molar refractivity (Wildman–Crippen MR) is 111 cm³/mol. The SMILES string of the molecule is Cc1ccc(NC2=C(c3cccs3)C(=O)N(Cc3ccccn3)C2=O)cc1Cl. The van der Waals surface area contributed by atoms with Crippen LogP contribution in [-0.4, -0.2) is 21.7 Å². The number of carbonyl (C=O) groups excluding carboxylic acids is 2. The van der Waals surface area contributed by atoms with Crippen LogP contribution in [0.25, 0.3) is 5.57 Å². The lowest BCUT2D eigenvalue weighted by Gasteiger charge is -2.14. The molecule has 7 heteroatoms. The van der Waals surface area contributed by atoms with Gasteiger partial charge in [0.25, 0.3) is 11.8 Å². The molecule has 28 heavy (non-hydrogen) atoms. The Hall–Kier alpha value is -2.96. The number of amides is 2. The molecule has 140 valence electrons. The lowest BCUT2D eigenvalue weighted by molar-refractivity contribution is -0.137. The first-order valence-electron chi connectivity index (χ1n) is 8.62. The summed E-state index contributed by atoms with van der Waals surface area (Å²) in [6.07, 6.45) is 1.64. The molecule has 1 aliphatic rings. The molecule has 4 rings (SSSR count). The zero-order chi connectivity index (χ0) is 19.7. The van der Waals surface area contributed by atoms with Crippen molar-refractivity contribution in [3.8, 4) is 0 Å². The van der Waals surface area contributed by atoms with Crippen LogP contribution in [0.1, 0.15) is 16.1 Å². The third kappa shape index (κ3) is 3.44. The van der Waals surface area contributed by atoms with Crippen LogP contribution in [0.5, 0.6) is 0 Å². The smallest absolute Gasteiger partial charge is 0.278 e. The molecule has 0 unspecified atom stereocenters. The normalized spacial score (nSPS) is 14.1. The van der Waals surface area contributed by atoms with Gasteiger partial charge >= 0.3 is 0 Å². The number of halogens is 1. The van der Waals surface area contributed by atoms with Gasteiger partial charge in [-0.3, -0.25) is 19.5 Å². The molecule has 3 heterocycles. The number of hydrogen-bond acceptors (Lipinski definition) is 5. The minimum absolute atomic E-state index is 0.118. The van der Waals surface area contributed by atoms with E-state index in [-0.39, 0.29) is 24.1 Å². The molecular formula is C21H16ClN3O2S. The first-order chi connectivity index (χ1) is 13.5. The van der Waals surface area contributed by atoms with Crippen molar-refractivity contribution in [2.75, 3.05) is 5.32 Å². The van der Waals surface area contributed by atoms with Crippen molar-refractivity contribution >= 4 is 46.0 Å². The zero-order valence-corrected chi connectivity index (χ0v) is 16.6. The first-order valence-corrected chi connectivity index (χ1v) is 9.88. The Balaban J connectivity index is 1.72. The first kappa shape index (κ1) is 18.4. The quantitative estimate of drug-likeness (QED) is 0.630. The van der Waals surface area contributed by atoms with Crippen LogP contribution in [0.2, 0.25) is 5.02 Å². The lowest BCUT2D eigenvalue weighted by atomic mass is 10.1. The van der Waals surface area contributed by atoms with Gasteiger partial charge in [-0.25, -0.2) is 0 Å². The summed E-state index contributed by atoms with van der Waals surface area (Å²) in [6.45, 7) is 2.02. The van der Waals surface area contributed by atoms with E-state index in [0.29, 0.717) is 22.0 Å². The number of carbonyl (C=O) groups is 2. The highest BCUT2D eigenvalue weighted by molar-refractivity contribution is 7.11. The van der Waals surface area contributed by atoms with Crippen molar-refractivity contribution in [1.29, 1.82) is 0 Å². The molecule has 0 radical (unpaired) electrons. The Bertz CT molecular complexity index is 1080. The highest BCUT2D eigenvalue weighted by atomic mass is 35.5. The van der Waals surface area contributed by atoms with E-state index in [4.69, 9.17) is 11.6 Å². The van der Waals surface area contributed by atoms with Gasteiger partial charge in [0, 0.05) is 21.8 Å². The molecule has 0 fully saturated rings. The van der Waals surface area contributed by atoms with E-state index >= 15 is 0 Å². The van der Waals surface area contributed by atoms with Crippen LogP contribution in [0.15, 0.2) is 65.8 Å². The van der Waals surface area contributed by atoms with Gasteiger partial charge in [-0.2, -0.15) is 0 Å². The van der Waals surface area contributed by atoms with Crippen molar-refractivity contribution in [2.45, 2.75) is 13.5 Å². The molecule has 0 atom stereocenters. The second-order valence-electron chi connectivity index (χ2n) is 6.33. The minimum Gasteiger partial charge on any atom is -0.350 e. The molecule has 5 nitrogen and oxygen atoms in total. The third-order valence-electron chi connectivity index (χ3n) is 4.42. The van der Waals surface area contributed by atoms with Gasteiger partial charge in [0.15, 0.2) is 0 Å². The maximum absolute atomic E-state index is 13.1. The van der Waals surface area contributed by atoms with Gasteiger partial charge in [0.1, 0.15) is 5.70 Å². The van der Waals surface area contributed by atoms with Crippen LogP contribution in [0.4, 0.5) is 5.69 Å². The Morgan fingerprint density at radius 1 is 1.11 bits per heavy atom. The van der Waals surface area contributed by atoms with E-state index in [1.807, 2.05) is 42.6 Å². The van der Waals surface area contributed by atoms with Crippen molar-refractivity contribution in [3.05, 3.63) is 87.0 Å². The number of anilines is 1. The second-order valence-corrected chi connectivity index (χ2v) is 7.69. The van der Waals surface area contributed by atoms with Crippen molar-refractivity contribution in [1.82, 2.24) is 9.88 Å². The molecule has 2 aromatic heterocycles. The number of thiophene rings is 1. The van der Waals surface area contributed by atoms with Gasteiger partial charge in [-0.05, 0) is 48.2 Å². The molecule has 0 saturated heterocycles. The highest BCUT2D eigenvalue weighted by Gasteiger charge is 2.39. The number of aryl methyl sites for hydroxylation is 1. The largest absolute Gasteiger partial charge is 0.350 e. The summed E-state index contributed by atoms with van der Waals surface area (Å²) in [6, 6.07) is 14.5. The molecule has 2 amide bonds. The number of imide groups is 1. The molecule has 0 spiro atoms. The summed E-state index contributed by atoms with van der Waals surface area (Å²) in [5, 5.41) is 5.58. The summed E-state index contributed by atoms with van der Waals surface area (Å²) < 4.78 is 0. The topological polar surface area (TPSA) is 62.3 Å². The fourth-order valence-electron chi connectivity index (χ4n) is 2.95. The lowest BCUT2D eigenvalue weighted by Crippen LogP contribution is -2.32. The maximum atomic E-state index is 13.1. The zero-order valence-electron chi connectivity index (χ0n) is 15.0. The van der Waals surface area contributed by atoms with Gasteiger partial charge in [0.2, 0.25) is 0 Å². The molecule has 0 aliphatic carbocycles. The third-order valence-corrected chi connectivity index (χ3v) is 5.72. The number of nitrogens with zero attached hydrogens (tertiary/aromatic N) is 2. The number of aromatic nitrogens is 1. The Labute approximate surface area is 171 Å². The number of benzene rings is 1. The number of hydrogen-bond donors (Lipinski definition) is 1.